The number of amides is 1. The number of benzene rings is 2. The number of nitrogens with zero attached hydrogens (tertiary/aromatic N) is 7. The van der Waals surface area contributed by atoms with Gasteiger partial charge in [0, 0.05) is 80.0 Å². The fraction of sp³-hybridized carbons (Fsp3) is 0.459. The Balaban J connectivity index is 1.15. The molecule has 0 aliphatic carbocycles. The van der Waals surface area contributed by atoms with Crippen molar-refractivity contribution in [3.05, 3.63) is 65.6 Å². The predicted octanol–water partition coefficient (Wildman–Crippen LogP) is 5.89. The van der Waals surface area contributed by atoms with Gasteiger partial charge in [-0.1, -0.05) is 48.0 Å². The number of fused-ring (bicyclic) bond motifs is 3. The van der Waals surface area contributed by atoms with E-state index in [2.05, 4.69) is 31.7 Å². The molecule has 4 aromatic rings. The molecule has 0 N–H and O–H groups in total. The van der Waals surface area contributed by atoms with Crippen LogP contribution in [0.1, 0.15) is 32.1 Å². The summed E-state index contributed by atoms with van der Waals surface area (Å²) in [7, 11) is 2.06. The number of ether oxygens (including phenoxy) is 1. The Morgan fingerprint density at radius 2 is 1.94 bits per heavy atom. The van der Waals surface area contributed by atoms with Crippen LogP contribution in [-0.2, 0) is 4.79 Å². The molecular weight excluding hydrogens is 648 g/mol. The first kappa shape index (κ1) is 32.3. The second-order valence-corrected chi connectivity index (χ2v) is 14.3. The van der Waals surface area contributed by atoms with Gasteiger partial charge in [0.15, 0.2) is 5.82 Å². The molecule has 49 heavy (non-hydrogen) atoms. The highest BCUT2D eigenvalue weighted by atomic mass is 35.5. The minimum Gasteiger partial charge on any atom is -0.461 e. The Morgan fingerprint density at radius 1 is 1.08 bits per heavy atom. The molecule has 4 saturated heterocycles. The van der Waals surface area contributed by atoms with Crippen molar-refractivity contribution in [3.8, 4) is 17.3 Å². The number of alkyl halides is 1. The standard InChI is InChI=1S/C37H40ClF2N7O2/c1-44-17-12-26(44)10-11-30(48)45-14-5-15-46(19-18-45)35-28-21-41-33(27-8-2-6-24-7-3-9-29(38)31(24)27)32(40)34(28)42-36(43-35)49-23-37-13-4-16-47(37)22-25(39)20-37/h2-3,6-11,21,25-26H,4-5,12-20,22-23H2,1H3/b11-10+/t25-,26?,37+/m1/s1. The molecule has 4 aliphatic rings. The summed E-state index contributed by atoms with van der Waals surface area (Å²) in [5.74, 6) is -0.0974. The summed E-state index contributed by atoms with van der Waals surface area (Å²) in [5.41, 5.74) is 0.380. The van der Waals surface area contributed by atoms with E-state index < -0.39 is 17.5 Å². The van der Waals surface area contributed by atoms with Crippen LogP contribution >= 0.6 is 11.6 Å². The van der Waals surface area contributed by atoms with Crippen molar-refractivity contribution in [1.29, 1.82) is 0 Å². The van der Waals surface area contributed by atoms with E-state index in [1.54, 1.807) is 18.3 Å². The molecule has 0 saturated carbocycles. The Kier molecular flexibility index (Phi) is 8.62. The monoisotopic (exact) mass is 687 g/mol. The molecule has 1 unspecified atom stereocenters. The van der Waals surface area contributed by atoms with Crippen molar-refractivity contribution in [2.75, 3.05) is 64.4 Å². The molecule has 256 valence electrons. The first-order valence-electron chi connectivity index (χ1n) is 17.3. The van der Waals surface area contributed by atoms with Crippen molar-refractivity contribution < 1.29 is 18.3 Å². The molecule has 8 rings (SSSR count). The third-order valence-corrected chi connectivity index (χ3v) is 11.2. The van der Waals surface area contributed by atoms with Crippen LogP contribution in [0, 0.1) is 5.82 Å². The number of aromatic nitrogens is 3. The zero-order valence-electron chi connectivity index (χ0n) is 27.6. The van der Waals surface area contributed by atoms with Gasteiger partial charge in [0.1, 0.15) is 29.8 Å². The number of likely N-dealkylation sites (N-methyl/N-ethyl adjacent to an activating group) is 1. The molecule has 12 heteroatoms. The lowest BCUT2D eigenvalue weighted by Gasteiger charge is -2.35. The molecule has 1 amide bonds. The van der Waals surface area contributed by atoms with Crippen molar-refractivity contribution in [3.63, 3.8) is 0 Å². The van der Waals surface area contributed by atoms with Gasteiger partial charge >= 0.3 is 6.01 Å². The molecule has 3 atom stereocenters. The number of halogens is 3. The maximum absolute atomic E-state index is 16.8. The number of carbonyl (C=O) groups is 1. The van der Waals surface area contributed by atoms with Crippen LogP contribution in [-0.4, -0.2) is 113 Å². The maximum Gasteiger partial charge on any atom is 0.319 e. The summed E-state index contributed by atoms with van der Waals surface area (Å²) < 4.78 is 37.7. The summed E-state index contributed by atoms with van der Waals surface area (Å²) in [6, 6.07) is 11.5. The first-order chi connectivity index (χ1) is 23.8. The number of rotatable bonds is 7. The Morgan fingerprint density at radius 3 is 2.76 bits per heavy atom. The second-order valence-electron chi connectivity index (χ2n) is 13.9. The van der Waals surface area contributed by atoms with E-state index in [0.29, 0.717) is 78.8 Å². The number of hydrogen-bond acceptors (Lipinski definition) is 8. The fourth-order valence-electron chi connectivity index (χ4n) is 8.08. The van der Waals surface area contributed by atoms with Gasteiger partial charge < -0.3 is 14.5 Å². The van der Waals surface area contributed by atoms with Crippen LogP contribution in [0.4, 0.5) is 14.6 Å². The van der Waals surface area contributed by atoms with Gasteiger partial charge in [-0.25, -0.2) is 8.78 Å². The van der Waals surface area contributed by atoms with Gasteiger partial charge in [-0.15, -0.1) is 0 Å². The molecule has 2 aromatic carbocycles. The smallest absolute Gasteiger partial charge is 0.319 e. The maximum atomic E-state index is 16.8. The molecule has 4 aliphatic heterocycles. The van der Waals surface area contributed by atoms with Crippen LogP contribution in [0.15, 0.2) is 54.7 Å². The molecule has 0 spiro atoms. The summed E-state index contributed by atoms with van der Waals surface area (Å²) in [5, 5.41) is 2.54. The molecule has 6 heterocycles. The molecule has 4 fully saturated rings. The van der Waals surface area contributed by atoms with E-state index in [1.165, 1.54) is 0 Å². The van der Waals surface area contributed by atoms with Crippen molar-refractivity contribution >= 4 is 45.0 Å². The van der Waals surface area contributed by atoms with Crippen LogP contribution in [0.2, 0.25) is 5.02 Å². The topological polar surface area (TPSA) is 77.9 Å². The van der Waals surface area contributed by atoms with Gasteiger partial charge in [0.2, 0.25) is 5.91 Å². The van der Waals surface area contributed by atoms with Gasteiger partial charge in [0.05, 0.1) is 10.9 Å². The SMILES string of the molecule is CN1CCC1/C=C/C(=O)N1CCCN(c2nc(OC[C@@]34CCCN3C[C@H](F)C4)nc3c(F)c(-c4cccc5cccc(Cl)c45)ncc23)CC1. The number of carbonyl (C=O) groups excluding carboxylic acids is 1. The lowest BCUT2D eigenvalue weighted by Crippen LogP contribution is -2.43. The first-order valence-corrected chi connectivity index (χ1v) is 17.7. The molecule has 2 aromatic heterocycles. The minimum atomic E-state index is -0.900. The Bertz CT molecular complexity index is 1940. The van der Waals surface area contributed by atoms with E-state index in [4.69, 9.17) is 21.3 Å². The van der Waals surface area contributed by atoms with E-state index in [0.717, 1.165) is 37.7 Å². The minimum absolute atomic E-state index is 0.00655. The highest BCUT2D eigenvalue weighted by molar-refractivity contribution is 6.36. The average Bonchev–Trinajstić information content (AvgIpc) is 3.50. The summed E-state index contributed by atoms with van der Waals surface area (Å²) in [6.45, 7) is 4.70. The highest BCUT2D eigenvalue weighted by Crippen LogP contribution is 2.41. The fourth-order valence-corrected chi connectivity index (χ4v) is 8.37. The third kappa shape index (κ3) is 5.99. The average molecular weight is 688 g/mol. The zero-order chi connectivity index (χ0) is 33.7. The summed E-state index contributed by atoms with van der Waals surface area (Å²) >= 11 is 6.63. The molecular formula is C37H40ClF2N7O2. The number of hydrogen-bond donors (Lipinski definition) is 0. The van der Waals surface area contributed by atoms with Gasteiger partial charge in [-0.3, -0.25) is 19.6 Å². The quantitative estimate of drug-likeness (QED) is 0.223. The number of anilines is 1. The Labute approximate surface area is 289 Å². The largest absolute Gasteiger partial charge is 0.461 e. The van der Waals surface area contributed by atoms with Gasteiger partial charge in [-0.05, 0) is 50.7 Å². The van der Waals surface area contributed by atoms with E-state index in [-0.39, 0.29) is 29.7 Å². The lowest BCUT2D eigenvalue weighted by atomic mass is 9.95. The van der Waals surface area contributed by atoms with Gasteiger partial charge in [-0.2, -0.15) is 9.97 Å². The number of pyridine rings is 1. The van der Waals surface area contributed by atoms with E-state index in [1.807, 2.05) is 41.3 Å². The second kappa shape index (κ2) is 13.1. The normalized spacial score (nSPS) is 24.9. The third-order valence-electron chi connectivity index (χ3n) is 10.9. The zero-order valence-corrected chi connectivity index (χ0v) is 28.4. The molecule has 9 nitrogen and oxygen atoms in total. The highest BCUT2D eigenvalue weighted by Gasteiger charge is 2.49. The summed E-state index contributed by atoms with van der Waals surface area (Å²) in [6.07, 6.45) is 8.39. The number of likely N-dealkylation sites (tertiary alicyclic amines) is 1. The van der Waals surface area contributed by atoms with Gasteiger partial charge in [0.25, 0.3) is 0 Å². The van der Waals surface area contributed by atoms with E-state index in [9.17, 15) is 9.18 Å². The lowest BCUT2D eigenvalue weighted by molar-refractivity contribution is -0.125. The van der Waals surface area contributed by atoms with Crippen LogP contribution in [0.25, 0.3) is 32.9 Å². The summed E-state index contributed by atoms with van der Waals surface area (Å²) in [4.78, 5) is 35.6. The van der Waals surface area contributed by atoms with Crippen molar-refractivity contribution in [2.24, 2.45) is 0 Å². The predicted molar refractivity (Wildman–Crippen MR) is 187 cm³/mol. The van der Waals surface area contributed by atoms with E-state index >= 15 is 4.39 Å². The molecule has 0 radical (unpaired) electrons. The molecule has 0 bridgehead atoms. The van der Waals surface area contributed by atoms with Crippen LogP contribution in [0.5, 0.6) is 6.01 Å². The van der Waals surface area contributed by atoms with Crippen molar-refractivity contribution in [2.45, 2.75) is 49.9 Å². The van der Waals surface area contributed by atoms with Crippen LogP contribution < -0.4 is 9.64 Å². The van der Waals surface area contributed by atoms with Crippen LogP contribution in [0.3, 0.4) is 0 Å². The van der Waals surface area contributed by atoms with Crippen molar-refractivity contribution in [1.82, 2.24) is 29.7 Å². The Hall–Kier alpha value is -3.93.